The molecule has 0 saturated carbocycles. The molecule has 1 saturated heterocycles. The number of ether oxygens (including phenoxy) is 1. The van der Waals surface area contributed by atoms with E-state index in [1.54, 1.807) is 0 Å². The molecule has 100 valence electrons. The second kappa shape index (κ2) is 7.70. The van der Waals surface area contributed by atoms with Gasteiger partial charge in [0.2, 0.25) is 0 Å². The molecule has 0 bridgehead atoms. The molecule has 1 aromatic carbocycles. The number of aryl methyl sites for hydroxylation is 1. The van der Waals surface area contributed by atoms with Crippen molar-refractivity contribution in [1.29, 1.82) is 0 Å². The highest BCUT2D eigenvalue weighted by atomic mass is 32.2. The lowest BCUT2D eigenvalue weighted by Crippen LogP contribution is -2.23. The van der Waals surface area contributed by atoms with Crippen LogP contribution in [0.2, 0.25) is 0 Å². The third-order valence-electron chi connectivity index (χ3n) is 3.26. The van der Waals surface area contributed by atoms with Gasteiger partial charge in [0.25, 0.3) is 0 Å². The molecule has 2 nitrogen and oxygen atoms in total. The summed E-state index contributed by atoms with van der Waals surface area (Å²) in [6, 6.07) is 8.58. The molecule has 3 heteroatoms. The zero-order chi connectivity index (χ0) is 12.6. The van der Waals surface area contributed by atoms with E-state index in [-0.39, 0.29) is 0 Å². The molecule has 1 unspecified atom stereocenters. The van der Waals surface area contributed by atoms with E-state index in [4.69, 9.17) is 10.5 Å². The minimum Gasteiger partial charge on any atom is -0.490 e. The molecule has 1 aromatic rings. The first-order valence-corrected chi connectivity index (χ1v) is 8.07. The van der Waals surface area contributed by atoms with Gasteiger partial charge in [-0.2, -0.15) is 11.8 Å². The number of nitrogens with two attached hydrogens (primary N) is 1. The smallest absolute Gasteiger partial charge is 0.119 e. The fourth-order valence-electron chi connectivity index (χ4n) is 2.20. The van der Waals surface area contributed by atoms with Gasteiger partial charge in [0, 0.05) is 5.75 Å². The molecule has 1 atom stereocenters. The van der Waals surface area contributed by atoms with Gasteiger partial charge in [-0.1, -0.05) is 12.1 Å². The Balaban J connectivity index is 1.79. The van der Waals surface area contributed by atoms with Crippen molar-refractivity contribution in [2.45, 2.75) is 38.2 Å². The third kappa shape index (κ3) is 4.54. The predicted molar refractivity (Wildman–Crippen MR) is 79.4 cm³/mol. The summed E-state index contributed by atoms with van der Waals surface area (Å²) in [5.41, 5.74) is 6.88. The second-order valence-electron chi connectivity index (χ2n) is 4.85. The van der Waals surface area contributed by atoms with Crippen molar-refractivity contribution in [1.82, 2.24) is 0 Å². The molecule has 1 aliphatic rings. The fraction of sp³-hybridized carbons (Fsp3) is 0.600. The van der Waals surface area contributed by atoms with E-state index in [1.165, 1.54) is 30.6 Å². The minimum absolute atomic E-state index is 0.409. The highest BCUT2D eigenvalue weighted by Gasteiger charge is 2.14. The van der Waals surface area contributed by atoms with Crippen molar-refractivity contribution in [3.8, 4) is 5.75 Å². The molecule has 1 fully saturated rings. The zero-order valence-electron chi connectivity index (χ0n) is 10.9. The Morgan fingerprint density at radius 2 is 2.06 bits per heavy atom. The van der Waals surface area contributed by atoms with Gasteiger partial charge < -0.3 is 10.5 Å². The van der Waals surface area contributed by atoms with Crippen molar-refractivity contribution in [3.63, 3.8) is 0 Å². The molecule has 0 radical (unpaired) electrons. The Hall–Kier alpha value is -0.670. The Bertz CT molecular complexity index is 333. The summed E-state index contributed by atoms with van der Waals surface area (Å²) < 4.78 is 6.00. The van der Waals surface area contributed by atoms with E-state index in [0.29, 0.717) is 6.10 Å². The van der Waals surface area contributed by atoms with Crippen molar-refractivity contribution < 1.29 is 4.74 Å². The standard InChI is InChI=1S/C15H23NOS/c16-10-2-1-4-13-6-8-14(9-7-13)17-15-5-3-11-18-12-15/h6-9,15H,1-5,10-12,16H2. The number of benzene rings is 1. The first kappa shape index (κ1) is 13.8. The fourth-order valence-corrected chi connectivity index (χ4v) is 3.24. The summed E-state index contributed by atoms with van der Waals surface area (Å²) in [6.45, 7) is 0.792. The number of hydrogen-bond donors (Lipinski definition) is 1. The summed E-state index contributed by atoms with van der Waals surface area (Å²) in [5, 5.41) is 0. The van der Waals surface area contributed by atoms with E-state index < -0.39 is 0 Å². The van der Waals surface area contributed by atoms with E-state index in [1.807, 2.05) is 11.8 Å². The van der Waals surface area contributed by atoms with Crippen LogP contribution in [0.1, 0.15) is 31.2 Å². The van der Waals surface area contributed by atoms with Crippen LogP contribution in [0.25, 0.3) is 0 Å². The summed E-state index contributed by atoms with van der Waals surface area (Å²) >= 11 is 2.00. The molecular formula is C15H23NOS. The zero-order valence-corrected chi connectivity index (χ0v) is 11.8. The predicted octanol–water partition coefficient (Wildman–Crippen LogP) is 3.24. The molecule has 18 heavy (non-hydrogen) atoms. The molecule has 1 heterocycles. The Kier molecular flexibility index (Phi) is 5.88. The first-order valence-electron chi connectivity index (χ1n) is 6.92. The van der Waals surface area contributed by atoms with Crippen LogP contribution in [0, 0.1) is 0 Å². The van der Waals surface area contributed by atoms with Gasteiger partial charge in [0.05, 0.1) is 0 Å². The Labute approximate surface area is 114 Å². The monoisotopic (exact) mass is 265 g/mol. The minimum atomic E-state index is 0.409. The van der Waals surface area contributed by atoms with Crippen molar-refractivity contribution >= 4 is 11.8 Å². The highest BCUT2D eigenvalue weighted by molar-refractivity contribution is 7.99. The molecule has 1 aliphatic heterocycles. The van der Waals surface area contributed by atoms with Gasteiger partial charge in [-0.25, -0.2) is 0 Å². The quantitative estimate of drug-likeness (QED) is 0.802. The maximum absolute atomic E-state index is 6.00. The van der Waals surface area contributed by atoms with E-state index in [2.05, 4.69) is 24.3 Å². The number of unbranched alkanes of at least 4 members (excludes halogenated alkanes) is 1. The van der Waals surface area contributed by atoms with Crippen LogP contribution < -0.4 is 10.5 Å². The van der Waals surface area contributed by atoms with Crippen LogP contribution in [0.15, 0.2) is 24.3 Å². The topological polar surface area (TPSA) is 35.2 Å². The highest BCUT2D eigenvalue weighted by Crippen LogP contribution is 2.23. The number of rotatable bonds is 6. The van der Waals surface area contributed by atoms with E-state index >= 15 is 0 Å². The van der Waals surface area contributed by atoms with E-state index in [9.17, 15) is 0 Å². The molecule has 2 N–H and O–H groups in total. The van der Waals surface area contributed by atoms with Crippen LogP contribution in [0.4, 0.5) is 0 Å². The Morgan fingerprint density at radius 1 is 1.22 bits per heavy atom. The van der Waals surface area contributed by atoms with Gasteiger partial charge in [-0.15, -0.1) is 0 Å². The van der Waals surface area contributed by atoms with Crippen LogP contribution in [0.3, 0.4) is 0 Å². The van der Waals surface area contributed by atoms with Gasteiger partial charge in [-0.3, -0.25) is 0 Å². The van der Waals surface area contributed by atoms with Gasteiger partial charge >= 0.3 is 0 Å². The molecule has 0 amide bonds. The summed E-state index contributed by atoms with van der Waals surface area (Å²) in [6.07, 6.45) is 6.30. The maximum Gasteiger partial charge on any atom is 0.119 e. The summed E-state index contributed by atoms with van der Waals surface area (Å²) in [4.78, 5) is 0. The van der Waals surface area contributed by atoms with Crippen molar-refractivity contribution in [3.05, 3.63) is 29.8 Å². The number of hydrogen-bond acceptors (Lipinski definition) is 3. The lowest BCUT2D eigenvalue weighted by Gasteiger charge is -2.22. The van der Waals surface area contributed by atoms with E-state index in [0.717, 1.165) is 30.9 Å². The molecule has 0 aliphatic carbocycles. The van der Waals surface area contributed by atoms with Crippen LogP contribution >= 0.6 is 11.8 Å². The van der Waals surface area contributed by atoms with Gasteiger partial charge in [0.1, 0.15) is 11.9 Å². The average Bonchev–Trinajstić information content (AvgIpc) is 2.42. The normalized spacial score (nSPS) is 19.7. The van der Waals surface area contributed by atoms with Gasteiger partial charge in [0.15, 0.2) is 0 Å². The molecule has 0 spiro atoms. The SMILES string of the molecule is NCCCCc1ccc(OC2CCCSC2)cc1. The van der Waals surface area contributed by atoms with Crippen LogP contribution in [-0.2, 0) is 6.42 Å². The third-order valence-corrected chi connectivity index (χ3v) is 4.45. The molecule has 0 aromatic heterocycles. The number of thioether (sulfide) groups is 1. The van der Waals surface area contributed by atoms with Crippen LogP contribution in [0.5, 0.6) is 5.75 Å². The van der Waals surface area contributed by atoms with Crippen molar-refractivity contribution in [2.75, 3.05) is 18.1 Å². The first-order chi connectivity index (χ1) is 8.88. The van der Waals surface area contributed by atoms with Crippen molar-refractivity contribution in [2.24, 2.45) is 5.73 Å². The average molecular weight is 265 g/mol. The maximum atomic E-state index is 6.00. The second-order valence-corrected chi connectivity index (χ2v) is 6.00. The lowest BCUT2D eigenvalue weighted by atomic mass is 10.1. The Morgan fingerprint density at radius 3 is 2.72 bits per heavy atom. The largest absolute Gasteiger partial charge is 0.490 e. The molecule has 2 rings (SSSR count). The summed E-state index contributed by atoms with van der Waals surface area (Å²) in [5.74, 6) is 3.45. The molecular weight excluding hydrogens is 242 g/mol. The van der Waals surface area contributed by atoms with Crippen LogP contribution in [-0.4, -0.2) is 24.2 Å². The van der Waals surface area contributed by atoms with Gasteiger partial charge in [-0.05, 0) is 62.1 Å². The summed E-state index contributed by atoms with van der Waals surface area (Å²) in [7, 11) is 0. The lowest BCUT2D eigenvalue weighted by molar-refractivity contribution is 0.211.